The normalized spacial score (nSPS) is 13.8. The van der Waals surface area contributed by atoms with Gasteiger partial charge in [0.15, 0.2) is 6.10 Å². The number of allylic oxidation sites excluding steroid dienone is 4. The fourth-order valence-corrected chi connectivity index (χ4v) is 7.40. The fraction of sp³-hybridized carbons (Fsp3) is 0.854. The van der Waals surface area contributed by atoms with Crippen LogP contribution >= 0.6 is 7.82 Å². The third-order valence-corrected chi connectivity index (χ3v) is 11.3. The van der Waals surface area contributed by atoms with Crippen LogP contribution in [0.15, 0.2) is 24.3 Å². The molecule has 0 bridgehead atoms. The van der Waals surface area contributed by atoms with Gasteiger partial charge in [0, 0.05) is 19.3 Å². The van der Waals surface area contributed by atoms with Gasteiger partial charge in [-0.3, -0.25) is 23.4 Å². The maximum Gasteiger partial charge on any atom is 0.472 e. The van der Waals surface area contributed by atoms with E-state index in [1.54, 1.807) is 0 Å². The monoisotopic (exact) mass is 873 g/mol. The summed E-state index contributed by atoms with van der Waals surface area (Å²) in [5, 5.41) is 9.71. The number of phosphoric ester groups is 1. The Morgan fingerprint density at radius 3 is 1.27 bits per heavy atom. The molecule has 12 heteroatoms. The van der Waals surface area contributed by atoms with E-state index >= 15 is 0 Å². The Morgan fingerprint density at radius 2 is 0.817 bits per heavy atom. The molecule has 0 aromatic carbocycles. The Kier molecular flexibility index (Phi) is 42.1. The number of carbonyl (C=O) groups excluding carboxylic acids is 3. The van der Waals surface area contributed by atoms with Crippen molar-refractivity contribution in [3.8, 4) is 0 Å². The molecule has 352 valence electrons. The minimum absolute atomic E-state index is 0.156. The number of hydrogen-bond donors (Lipinski definition) is 2. The number of phosphoric acid groups is 1. The van der Waals surface area contributed by atoms with Crippen LogP contribution < -0.4 is 0 Å². The standard InChI is InChI=1S/C48H89O11P/c1-4-7-10-13-16-19-20-21-22-23-24-27-30-33-36-39-48(52)59-45(41-55-46(50)37-34-31-28-25-17-14-11-8-5-2)43-57-60(53,54)56-42-44(40-49)58-47(51)38-35-32-29-26-18-15-12-9-6-3/h16,19,21-22,44-45,49H,4-15,17-18,20,23-43H2,1-3H3,(H,53,54)/b19-16-,22-21-. The molecule has 0 saturated carbocycles. The van der Waals surface area contributed by atoms with Crippen LogP contribution in [-0.2, 0) is 42.2 Å². The summed E-state index contributed by atoms with van der Waals surface area (Å²) in [5.41, 5.74) is 0. The van der Waals surface area contributed by atoms with Gasteiger partial charge in [-0.15, -0.1) is 0 Å². The third kappa shape index (κ3) is 41.3. The number of hydrogen-bond acceptors (Lipinski definition) is 10. The zero-order valence-electron chi connectivity index (χ0n) is 38.4. The van der Waals surface area contributed by atoms with Gasteiger partial charge in [0.1, 0.15) is 12.7 Å². The first-order valence-electron chi connectivity index (χ1n) is 24.2. The van der Waals surface area contributed by atoms with Gasteiger partial charge in [-0.2, -0.15) is 0 Å². The highest BCUT2D eigenvalue weighted by atomic mass is 31.2. The lowest BCUT2D eigenvalue weighted by Gasteiger charge is -2.21. The van der Waals surface area contributed by atoms with Gasteiger partial charge >= 0.3 is 25.7 Å². The van der Waals surface area contributed by atoms with Crippen molar-refractivity contribution in [1.29, 1.82) is 0 Å². The molecule has 0 spiro atoms. The quantitative estimate of drug-likeness (QED) is 0.0197. The SMILES string of the molecule is CCCCC/C=C\C/C=C\CCCCCCCC(=O)OC(COC(=O)CCCCCCCCCCC)COP(=O)(O)OCC(CO)OC(=O)CCCCCCCCCCC. The van der Waals surface area contributed by atoms with Gasteiger partial charge in [-0.05, 0) is 51.4 Å². The molecule has 60 heavy (non-hydrogen) atoms. The van der Waals surface area contributed by atoms with Gasteiger partial charge in [-0.1, -0.05) is 180 Å². The minimum atomic E-state index is -4.73. The number of ether oxygens (including phenoxy) is 3. The molecule has 11 nitrogen and oxygen atoms in total. The molecule has 0 heterocycles. The summed E-state index contributed by atoms with van der Waals surface area (Å²) in [5.74, 6) is -1.47. The summed E-state index contributed by atoms with van der Waals surface area (Å²) < 4.78 is 39.1. The number of esters is 3. The van der Waals surface area contributed by atoms with Gasteiger partial charge in [0.2, 0.25) is 0 Å². The van der Waals surface area contributed by atoms with E-state index in [4.69, 9.17) is 23.3 Å². The first-order valence-corrected chi connectivity index (χ1v) is 25.7. The van der Waals surface area contributed by atoms with Crippen molar-refractivity contribution in [3.63, 3.8) is 0 Å². The van der Waals surface area contributed by atoms with Gasteiger partial charge in [0.25, 0.3) is 0 Å². The molecular formula is C48H89O11P. The van der Waals surface area contributed by atoms with Crippen LogP contribution in [0.5, 0.6) is 0 Å². The summed E-state index contributed by atoms with van der Waals surface area (Å²) in [7, 11) is -4.73. The lowest BCUT2D eigenvalue weighted by atomic mass is 10.1. The van der Waals surface area contributed by atoms with E-state index in [9.17, 15) is 28.9 Å². The number of rotatable bonds is 45. The Morgan fingerprint density at radius 1 is 0.467 bits per heavy atom. The highest BCUT2D eigenvalue weighted by Gasteiger charge is 2.28. The molecule has 2 N–H and O–H groups in total. The predicted molar refractivity (Wildman–Crippen MR) is 243 cm³/mol. The highest BCUT2D eigenvalue weighted by molar-refractivity contribution is 7.47. The van der Waals surface area contributed by atoms with Gasteiger partial charge in [0.05, 0.1) is 19.8 Å². The maximum atomic E-state index is 12.8. The predicted octanol–water partition coefficient (Wildman–Crippen LogP) is 13.1. The second-order valence-corrected chi connectivity index (χ2v) is 17.7. The number of aliphatic hydroxyl groups is 1. The van der Waals surface area contributed by atoms with Crippen LogP contribution in [0, 0.1) is 0 Å². The Hall–Kier alpha value is -2.04. The molecule has 3 unspecified atom stereocenters. The van der Waals surface area contributed by atoms with E-state index in [1.165, 1.54) is 83.5 Å². The van der Waals surface area contributed by atoms with E-state index in [-0.39, 0.29) is 25.9 Å². The molecule has 0 rings (SSSR count). The summed E-state index contributed by atoms with van der Waals surface area (Å²) in [6, 6.07) is 0. The Bertz CT molecular complexity index is 1110. The van der Waals surface area contributed by atoms with E-state index in [1.807, 2.05) is 0 Å². The Balaban J connectivity index is 4.74. The first-order chi connectivity index (χ1) is 29.2. The van der Waals surface area contributed by atoms with Crippen LogP contribution in [0.3, 0.4) is 0 Å². The average Bonchev–Trinajstić information content (AvgIpc) is 3.23. The highest BCUT2D eigenvalue weighted by Crippen LogP contribution is 2.43. The summed E-state index contributed by atoms with van der Waals surface area (Å²) in [4.78, 5) is 48.0. The molecule has 0 aliphatic rings. The first kappa shape index (κ1) is 58.0. The molecule has 0 aromatic heterocycles. The molecule has 0 fully saturated rings. The molecule has 0 amide bonds. The molecule has 0 aromatic rings. The smallest absolute Gasteiger partial charge is 0.462 e. The van der Waals surface area contributed by atoms with E-state index < -0.39 is 57.8 Å². The van der Waals surface area contributed by atoms with E-state index in [0.717, 1.165) is 83.5 Å². The van der Waals surface area contributed by atoms with Crippen molar-refractivity contribution in [2.45, 2.75) is 238 Å². The zero-order chi connectivity index (χ0) is 44.2. The van der Waals surface area contributed by atoms with E-state index in [2.05, 4.69) is 45.1 Å². The van der Waals surface area contributed by atoms with Crippen LogP contribution in [-0.4, -0.2) is 66.5 Å². The van der Waals surface area contributed by atoms with Crippen LogP contribution in [0.1, 0.15) is 226 Å². The number of unbranched alkanes of at least 4 members (excludes halogenated alkanes) is 24. The Labute approximate surface area is 366 Å². The van der Waals surface area contributed by atoms with Crippen molar-refractivity contribution in [2.24, 2.45) is 0 Å². The molecule has 0 radical (unpaired) electrons. The van der Waals surface area contributed by atoms with Crippen LogP contribution in [0.2, 0.25) is 0 Å². The van der Waals surface area contributed by atoms with Crippen molar-refractivity contribution in [1.82, 2.24) is 0 Å². The maximum absolute atomic E-state index is 12.8. The van der Waals surface area contributed by atoms with Crippen LogP contribution in [0.25, 0.3) is 0 Å². The largest absolute Gasteiger partial charge is 0.472 e. The van der Waals surface area contributed by atoms with Crippen molar-refractivity contribution in [3.05, 3.63) is 24.3 Å². The lowest BCUT2D eigenvalue weighted by Crippen LogP contribution is -2.30. The topological polar surface area (TPSA) is 155 Å². The van der Waals surface area contributed by atoms with Crippen molar-refractivity contribution >= 4 is 25.7 Å². The van der Waals surface area contributed by atoms with Crippen LogP contribution in [0.4, 0.5) is 0 Å². The summed E-state index contributed by atoms with van der Waals surface area (Å²) in [6.45, 7) is 4.54. The molecule has 0 saturated heterocycles. The van der Waals surface area contributed by atoms with Crippen molar-refractivity contribution in [2.75, 3.05) is 26.4 Å². The second kappa shape index (κ2) is 43.6. The fourth-order valence-electron chi connectivity index (χ4n) is 6.62. The minimum Gasteiger partial charge on any atom is -0.462 e. The third-order valence-electron chi connectivity index (χ3n) is 10.4. The molecular weight excluding hydrogens is 783 g/mol. The number of aliphatic hydroxyl groups excluding tert-OH is 1. The summed E-state index contributed by atoms with van der Waals surface area (Å²) in [6.07, 6.45) is 38.8. The van der Waals surface area contributed by atoms with Gasteiger partial charge < -0.3 is 24.2 Å². The lowest BCUT2D eigenvalue weighted by molar-refractivity contribution is -0.161. The van der Waals surface area contributed by atoms with Gasteiger partial charge in [-0.25, -0.2) is 4.57 Å². The summed E-state index contributed by atoms with van der Waals surface area (Å²) >= 11 is 0. The molecule has 3 atom stereocenters. The molecule has 0 aliphatic heterocycles. The average molecular weight is 873 g/mol. The van der Waals surface area contributed by atoms with E-state index in [0.29, 0.717) is 19.3 Å². The second-order valence-electron chi connectivity index (χ2n) is 16.3. The number of carbonyl (C=O) groups is 3. The zero-order valence-corrected chi connectivity index (χ0v) is 39.3. The van der Waals surface area contributed by atoms with Crippen molar-refractivity contribution < 1.29 is 52.2 Å². The molecule has 0 aliphatic carbocycles.